The van der Waals surface area contributed by atoms with Gasteiger partial charge in [-0.3, -0.25) is 9.59 Å². The second-order valence-electron chi connectivity index (χ2n) is 5.68. The highest BCUT2D eigenvalue weighted by Gasteiger charge is 2.09. The van der Waals surface area contributed by atoms with E-state index in [1.165, 1.54) is 22.1 Å². The Bertz CT molecular complexity index is 915. The van der Waals surface area contributed by atoms with E-state index >= 15 is 0 Å². The number of hydrogen-bond acceptors (Lipinski definition) is 5. The first-order valence-electron chi connectivity index (χ1n) is 7.72. The Hall–Kier alpha value is -2.93. The number of benzene rings is 1. The number of thiophene rings is 1. The summed E-state index contributed by atoms with van der Waals surface area (Å²) in [5.41, 5.74) is 2.09. The molecule has 0 bridgehead atoms. The van der Waals surface area contributed by atoms with Gasteiger partial charge < -0.3 is 10.2 Å². The fourth-order valence-electron chi connectivity index (χ4n) is 2.30. The number of nitrogens with one attached hydrogen (secondary N) is 1. The van der Waals surface area contributed by atoms with Crippen molar-refractivity contribution >= 4 is 28.6 Å². The van der Waals surface area contributed by atoms with Gasteiger partial charge in [-0.15, -0.1) is 11.3 Å². The number of aromatic nitrogens is 2. The van der Waals surface area contributed by atoms with Gasteiger partial charge in [-0.1, -0.05) is 6.07 Å². The molecule has 0 aliphatic heterocycles. The van der Waals surface area contributed by atoms with Gasteiger partial charge in [0.25, 0.3) is 5.56 Å². The molecule has 3 rings (SSSR count). The molecular formula is C18H18N4O2S. The minimum atomic E-state index is -0.307. The van der Waals surface area contributed by atoms with E-state index in [1.807, 2.05) is 60.8 Å². The predicted octanol–water partition coefficient (Wildman–Crippen LogP) is 2.68. The number of rotatable bonds is 5. The van der Waals surface area contributed by atoms with Crippen LogP contribution in [0.4, 0.5) is 11.4 Å². The van der Waals surface area contributed by atoms with E-state index in [1.54, 1.807) is 6.07 Å². The fraction of sp³-hybridized carbons (Fsp3) is 0.167. The lowest BCUT2D eigenvalue weighted by Crippen LogP contribution is -2.29. The summed E-state index contributed by atoms with van der Waals surface area (Å²) >= 11 is 1.53. The van der Waals surface area contributed by atoms with Crippen LogP contribution in [0.2, 0.25) is 0 Å². The van der Waals surface area contributed by atoms with E-state index in [4.69, 9.17) is 0 Å². The minimum Gasteiger partial charge on any atom is -0.378 e. The molecule has 0 saturated heterocycles. The van der Waals surface area contributed by atoms with Crippen molar-refractivity contribution in [2.75, 3.05) is 24.3 Å². The maximum absolute atomic E-state index is 12.2. The highest BCUT2D eigenvalue weighted by atomic mass is 32.1. The van der Waals surface area contributed by atoms with E-state index in [-0.39, 0.29) is 18.0 Å². The number of nitrogens with zero attached hydrogens (tertiary/aromatic N) is 3. The van der Waals surface area contributed by atoms with Crippen LogP contribution in [0.1, 0.15) is 0 Å². The molecule has 0 aliphatic carbocycles. The highest BCUT2D eigenvalue weighted by molar-refractivity contribution is 7.13. The predicted molar refractivity (Wildman–Crippen MR) is 101 cm³/mol. The molecular weight excluding hydrogens is 336 g/mol. The van der Waals surface area contributed by atoms with Gasteiger partial charge in [0, 0.05) is 31.5 Å². The Morgan fingerprint density at radius 3 is 2.56 bits per heavy atom. The van der Waals surface area contributed by atoms with E-state index in [0.717, 1.165) is 10.6 Å². The van der Waals surface area contributed by atoms with Crippen molar-refractivity contribution in [3.05, 3.63) is 64.3 Å². The standard InChI is InChI=1S/C18H18N4O2S/c1-21(2)14-7-5-13(6-8-14)19-17(23)12-22-18(24)10-9-15(20-22)16-4-3-11-25-16/h3-11H,12H2,1-2H3,(H,19,23). The van der Waals surface area contributed by atoms with Crippen molar-refractivity contribution in [3.8, 4) is 10.6 Å². The van der Waals surface area contributed by atoms with Gasteiger partial charge in [0.1, 0.15) is 12.2 Å². The third-order valence-corrected chi connectivity index (χ3v) is 4.49. The number of carbonyl (C=O) groups is 1. The summed E-state index contributed by atoms with van der Waals surface area (Å²) in [6, 6.07) is 14.4. The monoisotopic (exact) mass is 354 g/mol. The third kappa shape index (κ3) is 4.13. The maximum atomic E-state index is 12.2. The molecule has 0 atom stereocenters. The molecule has 0 fully saturated rings. The van der Waals surface area contributed by atoms with Crippen molar-refractivity contribution in [1.82, 2.24) is 9.78 Å². The fourth-order valence-corrected chi connectivity index (χ4v) is 2.99. The summed E-state index contributed by atoms with van der Waals surface area (Å²) in [4.78, 5) is 27.1. The van der Waals surface area contributed by atoms with Crippen molar-refractivity contribution < 1.29 is 4.79 Å². The Morgan fingerprint density at radius 2 is 1.92 bits per heavy atom. The molecule has 0 saturated carbocycles. The number of carbonyl (C=O) groups excluding carboxylic acids is 1. The second kappa shape index (κ2) is 7.31. The zero-order valence-electron chi connectivity index (χ0n) is 14.0. The van der Waals surface area contributed by atoms with Crippen molar-refractivity contribution in [1.29, 1.82) is 0 Å². The highest BCUT2D eigenvalue weighted by Crippen LogP contribution is 2.21. The van der Waals surface area contributed by atoms with Crippen molar-refractivity contribution in [2.45, 2.75) is 6.54 Å². The summed E-state index contributed by atoms with van der Waals surface area (Å²) in [6.07, 6.45) is 0. The van der Waals surface area contributed by atoms with E-state index < -0.39 is 0 Å². The lowest BCUT2D eigenvalue weighted by Gasteiger charge is -2.13. The molecule has 1 amide bonds. The van der Waals surface area contributed by atoms with E-state index in [2.05, 4.69) is 10.4 Å². The van der Waals surface area contributed by atoms with Crippen LogP contribution in [-0.4, -0.2) is 29.8 Å². The van der Waals surface area contributed by atoms with Crippen LogP contribution in [0.15, 0.2) is 58.7 Å². The van der Waals surface area contributed by atoms with Gasteiger partial charge in [0.05, 0.1) is 4.88 Å². The van der Waals surface area contributed by atoms with Gasteiger partial charge in [-0.2, -0.15) is 5.10 Å². The van der Waals surface area contributed by atoms with Crippen LogP contribution in [0.25, 0.3) is 10.6 Å². The lowest BCUT2D eigenvalue weighted by atomic mass is 10.2. The molecule has 1 aromatic carbocycles. The van der Waals surface area contributed by atoms with Gasteiger partial charge in [0.2, 0.25) is 5.91 Å². The molecule has 1 N–H and O–H groups in total. The summed E-state index contributed by atoms with van der Waals surface area (Å²) in [5, 5.41) is 9.01. The van der Waals surface area contributed by atoms with Crippen molar-refractivity contribution in [2.24, 2.45) is 0 Å². The first kappa shape index (κ1) is 16.9. The molecule has 0 spiro atoms. The zero-order chi connectivity index (χ0) is 17.8. The molecule has 128 valence electrons. The van der Waals surface area contributed by atoms with Crippen LogP contribution < -0.4 is 15.8 Å². The van der Waals surface area contributed by atoms with Gasteiger partial charge in [0.15, 0.2) is 0 Å². The third-order valence-electron chi connectivity index (χ3n) is 3.60. The molecule has 0 aliphatic rings. The van der Waals surface area contributed by atoms with E-state index in [0.29, 0.717) is 11.4 Å². The summed E-state index contributed by atoms with van der Waals surface area (Å²) in [6.45, 7) is -0.131. The average Bonchev–Trinajstić information content (AvgIpc) is 3.12. The molecule has 2 aromatic heterocycles. The first-order valence-corrected chi connectivity index (χ1v) is 8.60. The summed E-state index contributed by atoms with van der Waals surface area (Å²) in [5.74, 6) is -0.296. The smallest absolute Gasteiger partial charge is 0.267 e. The molecule has 2 heterocycles. The zero-order valence-corrected chi connectivity index (χ0v) is 14.8. The van der Waals surface area contributed by atoms with Crippen LogP contribution in [0.3, 0.4) is 0 Å². The van der Waals surface area contributed by atoms with Gasteiger partial charge >= 0.3 is 0 Å². The van der Waals surface area contributed by atoms with Gasteiger partial charge in [-0.05, 0) is 41.8 Å². The lowest BCUT2D eigenvalue weighted by molar-refractivity contribution is -0.117. The average molecular weight is 354 g/mol. The van der Waals surface area contributed by atoms with Crippen LogP contribution in [-0.2, 0) is 11.3 Å². The number of hydrogen-bond donors (Lipinski definition) is 1. The van der Waals surface area contributed by atoms with Crippen LogP contribution >= 0.6 is 11.3 Å². The maximum Gasteiger partial charge on any atom is 0.267 e. The molecule has 6 nitrogen and oxygen atoms in total. The Balaban J connectivity index is 1.72. The summed E-state index contributed by atoms with van der Waals surface area (Å²) in [7, 11) is 3.90. The van der Waals surface area contributed by atoms with E-state index in [9.17, 15) is 9.59 Å². The van der Waals surface area contributed by atoms with Crippen molar-refractivity contribution in [3.63, 3.8) is 0 Å². The summed E-state index contributed by atoms with van der Waals surface area (Å²) < 4.78 is 1.18. The molecule has 7 heteroatoms. The molecule has 3 aromatic rings. The molecule has 0 radical (unpaired) electrons. The Kier molecular flexibility index (Phi) is 4.95. The molecule has 0 unspecified atom stereocenters. The topological polar surface area (TPSA) is 67.2 Å². The Labute approximate surface area is 149 Å². The normalized spacial score (nSPS) is 10.5. The second-order valence-corrected chi connectivity index (χ2v) is 6.63. The quantitative estimate of drug-likeness (QED) is 0.765. The van der Waals surface area contributed by atoms with Gasteiger partial charge in [-0.25, -0.2) is 4.68 Å². The SMILES string of the molecule is CN(C)c1ccc(NC(=O)Cn2nc(-c3cccs3)ccc2=O)cc1. The number of amides is 1. The Morgan fingerprint density at radius 1 is 1.16 bits per heavy atom. The largest absolute Gasteiger partial charge is 0.378 e. The van der Waals surface area contributed by atoms with Crippen LogP contribution in [0, 0.1) is 0 Å². The minimum absolute atomic E-state index is 0.131. The molecule has 25 heavy (non-hydrogen) atoms. The van der Waals surface area contributed by atoms with Crippen LogP contribution in [0.5, 0.6) is 0 Å². The first-order chi connectivity index (χ1) is 12.0. The number of anilines is 2.